The molecule has 0 aliphatic carbocycles. The van der Waals surface area contributed by atoms with Crippen molar-refractivity contribution in [1.29, 1.82) is 0 Å². The molecule has 2 rings (SSSR count). The van der Waals surface area contributed by atoms with Crippen LogP contribution in [0.2, 0.25) is 5.02 Å². The molecule has 0 saturated carbocycles. The van der Waals surface area contributed by atoms with Crippen molar-refractivity contribution in [3.8, 4) is 5.75 Å². The molecule has 1 aromatic rings. The van der Waals surface area contributed by atoms with Crippen LogP contribution in [0.25, 0.3) is 0 Å². The molecule has 106 valence electrons. The maximum Gasteiger partial charge on any atom is 0.127 e. The third kappa shape index (κ3) is 3.62. The lowest BCUT2D eigenvalue weighted by molar-refractivity contribution is 0.183. The van der Waals surface area contributed by atoms with E-state index in [0.29, 0.717) is 6.04 Å². The van der Waals surface area contributed by atoms with E-state index < -0.39 is 0 Å². The number of ether oxygens (including phenoxy) is 1. The van der Waals surface area contributed by atoms with Crippen molar-refractivity contribution in [2.24, 2.45) is 0 Å². The third-order valence-electron chi connectivity index (χ3n) is 3.53. The second-order valence-electron chi connectivity index (χ2n) is 5.29. The molecule has 0 aromatic heterocycles. The molecule has 1 aliphatic heterocycles. The fourth-order valence-corrected chi connectivity index (χ4v) is 2.74. The van der Waals surface area contributed by atoms with Crippen LogP contribution >= 0.6 is 11.6 Å². The van der Waals surface area contributed by atoms with Gasteiger partial charge in [-0.15, -0.1) is 0 Å². The summed E-state index contributed by atoms with van der Waals surface area (Å²) in [7, 11) is 0. The molecule has 19 heavy (non-hydrogen) atoms. The molecule has 1 aromatic carbocycles. The Morgan fingerprint density at radius 3 is 2.89 bits per heavy atom. The van der Waals surface area contributed by atoms with Gasteiger partial charge in [0, 0.05) is 42.7 Å². The lowest BCUT2D eigenvalue weighted by Crippen LogP contribution is -2.31. The number of nitrogens with zero attached hydrogens (tertiary/aromatic N) is 1. The Morgan fingerprint density at radius 1 is 1.42 bits per heavy atom. The first-order valence-electron chi connectivity index (χ1n) is 6.91. The molecular weight excluding hydrogens is 262 g/mol. The van der Waals surface area contributed by atoms with Crippen molar-refractivity contribution in [2.75, 3.05) is 19.8 Å². The summed E-state index contributed by atoms with van der Waals surface area (Å²) in [5.74, 6) is 1.01. The summed E-state index contributed by atoms with van der Waals surface area (Å²) in [6, 6.07) is 4.43. The van der Waals surface area contributed by atoms with Crippen LogP contribution in [0.1, 0.15) is 31.4 Å². The van der Waals surface area contributed by atoms with Gasteiger partial charge < -0.3 is 9.84 Å². The summed E-state index contributed by atoms with van der Waals surface area (Å²) in [5.41, 5.74) is 2.38. The number of rotatable bonds is 6. The molecule has 4 heteroatoms. The molecule has 0 atom stereocenters. The van der Waals surface area contributed by atoms with Crippen molar-refractivity contribution in [3.05, 3.63) is 28.3 Å². The monoisotopic (exact) mass is 283 g/mol. The van der Waals surface area contributed by atoms with Gasteiger partial charge in [-0.2, -0.15) is 0 Å². The minimum absolute atomic E-state index is 0.230. The van der Waals surface area contributed by atoms with E-state index in [1.165, 1.54) is 5.56 Å². The van der Waals surface area contributed by atoms with Crippen LogP contribution in [0.4, 0.5) is 0 Å². The predicted octanol–water partition coefficient (Wildman–Crippen LogP) is 2.87. The first-order valence-corrected chi connectivity index (χ1v) is 7.28. The van der Waals surface area contributed by atoms with E-state index in [2.05, 4.69) is 18.7 Å². The average molecular weight is 284 g/mol. The van der Waals surface area contributed by atoms with Gasteiger partial charge in [-0.3, -0.25) is 4.90 Å². The fraction of sp³-hybridized carbons (Fsp3) is 0.600. The van der Waals surface area contributed by atoms with Gasteiger partial charge in [0.15, 0.2) is 0 Å². The van der Waals surface area contributed by atoms with Crippen LogP contribution in [0.15, 0.2) is 12.1 Å². The molecule has 1 heterocycles. The van der Waals surface area contributed by atoms with Crippen molar-refractivity contribution in [3.63, 3.8) is 0 Å². The van der Waals surface area contributed by atoms with Crippen LogP contribution in [-0.2, 0) is 13.0 Å². The van der Waals surface area contributed by atoms with E-state index in [1.807, 2.05) is 12.1 Å². The first-order chi connectivity index (χ1) is 9.11. The zero-order valence-electron chi connectivity index (χ0n) is 11.7. The van der Waals surface area contributed by atoms with Crippen molar-refractivity contribution in [1.82, 2.24) is 4.90 Å². The highest BCUT2D eigenvalue weighted by atomic mass is 35.5. The topological polar surface area (TPSA) is 32.7 Å². The largest absolute Gasteiger partial charge is 0.493 e. The summed E-state index contributed by atoms with van der Waals surface area (Å²) in [6.07, 6.45) is 1.74. The zero-order chi connectivity index (χ0) is 13.8. The number of halogens is 1. The molecule has 0 unspecified atom stereocenters. The van der Waals surface area contributed by atoms with Crippen LogP contribution < -0.4 is 4.74 Å². The molecule has 0 amide bonds. The highest BCUT2D eigenvalue weighted by Crippen LogP contribution is 2.33. The van der Waals surface area contributed by atoms with E-state index in [4.69, 9.17) is 21.4 Å². The second kappa shape index (κ2) is 6.60. The van der Waals surface area contributed by atoms with Crippen molar-refractivity contribution in [2.45, 2.75) is 39.3 Å². The highest BCUT2D eigenvalue weighted by Gasteiger charge is 2.20. The second-order valence-corrected chi connectivity index (χ2v) is 5.73. The standard InChI is InChI=1S/C15H22ClNO2/c1-11(2)17(5-3-6-18)10-13-9-14(16)8-12-4-7-19-15(12)13/h8-9,11,18H,3-7,10H2,1-2H3. The quantitative estimate of drug-likeness (QED) is 0.871. The summed E-state index contributed by atoms with van der Waals surface area (Å²) >= 11 is 6.18. The number of benzene rings is 1. The molecule has 1 N–H and O–H groups in total. The predicted molar refractivity (Wildman–Crippen MR) is 77.9 cm³/mol. The van der Waals surface area contributed by atoms with Gasteiger partial charge in [-0.25, -0.2) is 0 Å². The fourth-order valence-electron chi connectivity index (χ4n) is 2.48. The maximum atomic E-state index is 8.99. The van der Waals surface area contributed by atoms with Gasteiger partial charge in [0.1, 0.15) is 5.75 Å². The third-order valence-corrected chi connectivity index (χ3v) is 3.75. The Labute approximate surface area is 120 Å². The molecule has 0 fully saturated rings. The number of hydrogen-bond acceptors (Lipinski definition) is 3. The van der Waals surface area contributed by atoms with Crippen molar-refractivity contribution >= 4 is 11.6 Å². The van der Waals surface area contributed by atoms with Gasteiger partial charge in [-0.05, 0) is 38.0 Å². The molecule has 1 aliphatic rings. The molecule has 3 nitrogen and oxygen atoms in total. The van der Waals surface area contributed by atoms with Crippen LogP contribution in [0.3, 0.4) is 0 Å². The maximum absolute atomic E-state index is 8.99. The summed E-state index contributed by atoms with van der Waals surface area (Å²) in [4.78, 5) is 2.34. The number of aliphatic hydroxyl groups excluding tert-OH is 1. The smallest absolute Gasteiger partial charge is 0.127 e. The molecule has 0 saturated heterocycles. The van der Waals surface area contributed by atoms with Gasteiger partial charge in [0.05, 0.1) is 6.61 Å². The van der Waals surface area contributed by atoms with Crippen LogP contribution in [0.5, 0.6) is 5.75 Å². The van der Waals surface area contributed by atoms with Crippen LogP contribution in [0, 0.1) is 0 Å². The minimum atomic E-state index is 0.230. The molecule has 0 spiro atoms. The minimum Gasteiger partial charge on any atom is -0.493 e. The van der Waals surface area contributed by atoms with E-state index in [1.54, 1.807) is 0 Å². The normalized spacial score (nSPS) is 14.0. The van der Waals surface area contributed by atoms with E-state index in [0.717, 1.165) is 48.9 Å². The Balaban J connectivity index is 2.17. The Kier molecular flexibility index (Phi) is 5.08. The lowest BCUT2D eigenvalue weighted by atomic mass is 10.1. The van der Waals surface area contributed by atoms with E-state index >= 15 is 0 Å². The van der Waals surface area contributed by atoms with Gasteiger partial charge in [0.25, 0.3) is 0 Å². The number of aliphatic hydroxyl groups is 1. The summed E-state index contributed by atoms with van der Waals surface area (Å²) in [6.45, 7) is 7.02. The highest BCUT2D eigenvalue weighted by molar-refractivity contribution is 6.30. The number of hydrogen-bond donors (Lipinski definition) is 1. The Hall–Kier alpha value is -0.770. The van der Waals surface area contributed by atoms with Crippen LogP contribution in [-0.4, -0.2) is 35.8 Å². The average Bonchev–Trinajstić information content (AvgIpc) is 2.81. The summed E-state index contributed by atoms with van der Waals surface area (Å²) < 4.78 is 5.73. The van der Waals surface area contributed by atoms with Gasteiger partial charge >= 0.3 is 0 Å². The van der Waals surface area contributed by atoms with Gasteiger partial charge in [0.2, 0.25) is 0 Å². The molecule has 0 radical (unpaired) electrons. The van der Waals surface area contributed by atoms with Crippen molar-refractivity contribution < 1.29 is 9.84 Å². The van der Waals surface area contributed by atoms with E-state index in [9.17, 15) is 0 Å². The summed E-state index contributed by atoms with van der Waals surface area (Å²) in [5, 5.41) is 9.77. The zero-order valence-corrected chi connectivity index (χ0v) is 12.4. The molecule has 0 bridgehead atoms. The first kappa shape index (κ1) is 14.6. The molecular formula is C15H22ClNO2. The number of fused-ring (bicyclic) bond motifs is 1. The van der Waals surface area contributed by atoms with Gasteiger partial charge in [-0.1, -0.05) is 11.6 Å². The van der Waals surface area contributed by atoms with E-state index in [-0.39, 0.29) is 6.61 Å². The Bertz CT molecular complexity index is 434. The Morgan fingerprint density at radius 2 is 2.21 bits per heavy atom. The lowest BCUT2D eigenvalue weighted by Gasteiger charge is -2.27. The SMILES string of the molecule is CC(C)N(CCCO)Cc1cc(Cl)cc2c1OCC2.